The number of rotatable bonds is 6. The molecule has 1 saturated heterocycles. The minimum absolute atomic E-state index is 0.0676. The van der Waals surface area contributed by atoms with Gasteiger partial charge < -0.3 is 14.3 Å². The summed E-state index contributed by atoms with van der Waals surface area (Å²) in [7, 11) is 3.85. The van der Waals surface area contributed by atoms with E-state index >= 15 is 0 Å². The highest BCUT2D eigenvalue weighted by molar-refractivity contribution is 5.78. The van der Waals surface area contributed by atoms with Crippen LogP contribution in [0.4, 0.5) is 5.95 Å². The number of amides is 1. The molecular formula is C23H28N6O2. The first-order chi connectivity index (χ1) is 15.0. The van der Waals surface area contributed by atoms with E-state index in [-0.39, 0.29) is 11.9 Å². The zero-order chi connectivity index (χ0) is 22.0. The summed E-state index contributed by atoms with van der Waals surface area (Å²) in [5, 5.41) is 4.00. The number of hydrogen-bond acceptors (Lipinski definition) is 7. The molecule has 4 rings (SSSR count). The SMILES string of the molecule is Cc1noc(C)c1CCC(=O)N1CCC[C@H]1c1nc(N(C)C)ncc1-c1ccncc1. The van der Waals surface area contributed by atoms with Gasteiger partial charge in [-0.05, 0) is 50.8 Å². The van der Waals surface area contributed by atoms with Crippen molar-refractivity contribution in [2.45, 2.75) is 45.6 Å². The van der Waals surface area contributed by atoms with Crippen LogP contribution in [0.2, 0.25) is 0 Å². The molecule has 1 aliphatic rings. The standard InChI is InChI=1S/C23H28N6O2/c1-15-18(16(2)31-27-15)7-8-21(30)29-13-5-6-20(29)22-19(17-9-11-24-12-10-17)14-25-23(26-22)28(3)4/h9-12,14,20H,5-8,13H2,1-4H3/t20-/m0/s1. The van der Waals surface area contributed by atoms with Gasteiger partial charge in [-0.3, -0.25) is 9.78 Å². The van der Waals surface area contributed by atoms with Gasteiger partial charge in [0.2, 0.25) is 11.9 Å². The maximum Gasteiger partial charge on any atom is 0.225 e. The quantitative estimate of drug-likeness (QED) is 0.603. The molecule has 4 heterocycles. The summed E-state index contributed by atoms with van der Waals surface area (Å²) >= 11 is 0. The molecule has 1 fully saturated rings. The number of carbonyl (C=O) groups excluding carboxylic acids is 1. The number of anilines is 1. The number of aryl methyl sites for hydroxylation is 2. The molecule has 1 amide bonds. The van der Waals surface area contributed by atoms with E-state index in [2.05, 4.69) is 15.1 Å². The van der Waals surface area contributed by atoms with Gasteiger partial charge in [0.25, 0.3) is 0 Å². The Kier molecular flexibility index (Phi) is 5.97. The molecule has 3 aromatic heterocycles. The van der Waals surface area contributed by atoms with Crippen molar-refractivity contribution in [3.05, 3.63) is 53.4 Å². The van der Waals surface area contributed by atoms with Gasteiger partial charge in [-0.1, -0.05) is 5.16 Å². The van der Waals surface area contributed by atoms with Crippen molar-refractivity contribution in [2.24, 2.45) is 0 Å². The number of likely N-dealkylation sites (tertiary alicyclic amines) is 1. The monoisotopic (exact) mass is 420 g/mol. The van der Waals surface area contributed by atoms with Crippen LogP contribution in [0, 0.1) is 13.8 Å². The molecule has 0 aromatic carbocycles. The molecule has 0 unspecified atom stereocenters. The van der Waals surface area contributed by atoms with Crippen LogP contribution >= 0.6 is 0 Å². The number of nitrogens with zero attached hydrogens (tertiary/aromatic N) is 6. The Morgan fingerprint density at radius 2 is 2.03 bits per heavy atom. The van der Waals surface area contributed by atoms with Crippen LogP contribution in [-0.4, -0.2) is 51.6 Å². The Labute approximate surface area is 182 Å². The fraction of sp³-hybridized carbons (Fsp3) is 0.435. The van der Waals surface area contributed by atoms with Crippen molar-refractivity contribution in [1.82, 2.24) is 25.0 Å². The van der Waals surface area contributed by atoms with E-state index in [0.29, 0.717) is 18.8 Å². The molecular weight excluding hydrogens is 392 g/mol. The van der Waals surface area contributed by atoms with Crippen LogP contribution < -0.4 is 4.90 Å². The van der Waals surface area contributed by atoms with Gasteiger partial charge in [-0.25, -0.2) is 9.97 Å². The van der Waals surface area contributed by atoms with Gasteiger partial charge in [-0.15, -0.1) is 0 Å². The molecule has 0 N–H and O–H groups in total. The van der Waals surface area contributed by atoms with Crippen LogP contribution in [0.5, 0.6) is 0 Å². The predicted molar refractivity (Wildman–Crippen MR) is 118 cm³/mol. The maximum atomic E-state index is 13.2. The summed E-state index contributed by atoms with van der Waals surface area (Å²) in [4.78, 5) is 30.6. The number of hydrogen-bond donors (Lipinski definition) is 0. The molecule has 8 nitrogen and oxygen atoms in total. The molecule has 0 radical (unpaired) electrons. The molecule has 8 heteroatoms. The first-order valence-electron chi connectivity index (χ1n) is 10.6. The van der Waals surface area contributed by atoms with Crippen LogP contribution in [0.15, 0.2) is 35.2 Å². The van der Waals surface area contributed by atoms with E-state index in [4.69, 9.17) is 9.51 Å². The molecule has 0 bridgehead atoms. The zero-order valence-electron chi connectivity index (χ0n) is 18.5. The summed E-state index contributed by atoms with van der Waals surface area (Å²) in [5.74, 6) is 1.56. The fourth-order valence-electron chi connectivity index (χ4n) is 4.19. The molecule has 162 valence electrons. The number of carbonyl (C=O) groups is 1. The van der Waals surface area contributed by atoms with Gasteiger partial charge in [0.05, 0.1) is 17.4 Å². The largest absolute Gasteiger partial charge is 0.361 e. The van der Waals surface area contributed by atoms with E-state index in [9.17, 15) is 4.79 Å². The number of aromatic nitrogens is 4. The van der Waals surface area contributed by atoms with Gasteiger partial charge in [0, 0.05) is 56.8 Å². The van der Waals surface area contributed by atoms with E-state index in [0.717, 1.165) is 53.2 Å². The van der Waals surface area contributed by atoms with Gasteiger partial charge in [0.15, 0.2) is 0 Å². The van der Waals surface area contributed by atoms with E-state index in [1.54, 1.807) is 12.4 Å². The van der Waals surface area contributed by atoms with Crippen molar-refractivity contribution in [3.63, 3.8) is 0 Å². The summed E-state index contributed by atoms with van der Waals surface area (Å²) in [6, 6.07) is 3.84. The lowest BCUT2D eigenvalue weighted by atomic mass is 10.00. The second-order valence-electron chi connectivity index (χ2n) is 8.15. The van der Waals surface area contributed by atoms with Crippen molar-refractivity contribution in [3.8, 4) is 11.1 Å². The second-order valence-corrected chi connectivity index (χ2v) is 8.15. The molecule has 3 aromatic rings. The van der Waals surface area contributed by atoms with Gasteiger partial charge in [0.1, 0.15) is 5.76 Å². The lowest BCUT2D eigenvalue weighted by molar-refractivity contribution is -0.132. The van der Waals surface area contributed by atoms with E-state index in [1.165, 1.54) is 0 Å². The van der Waals surface area contributed by atoms with Crippen molar-refractivity contribution < 1.29 is 9.32 Å². The molecule has 0 aliphatic carbocycles. The molecule has 31 heavy (non-hydrogen) atoms. The Hall–Kier alpha value is -3.29. The fourth-order valence-corrected chi connectivity index (χ4v) is 4.19. The van der Waals surface area contributed by atoms with Gasteiger partial charge >= 0.3 is 0 Å². The average Bonchev–Trinajstić information content (AvgIpc) is 3.39. The van der Waals surface area contributed by atoms with Gasteiger partial charge in [-0.2, -0.15) is 0 Å². The highest BCUT2D eigenvalue weighted by atomic mass is 16.5. The summed E-state index contributed by atoms with van der Waals surface area (Å²) in [6.07, 6.45) is 8.29. The maximum absolute atomic E-state index is 13.2. The molecule has 1 aliphatic heterocycles. The first-order valence-corrected chi connectivity index (χ1v) is 10.6. The third kappa shape index (κ3) is 4.28. The summed E-state index contributed by atoms with van der Waals surface area (Å²) in [5.41, 5.74) is 4.73. The van der Waals surface area contributed by atoms with Crippen molar-refractivity contribution in [2.75, 3.05) is 25.5 Å². The Morgan fingerprint density at radius 1 is 1.26 bits per heavy atom. The third-order valence-corrected chi connectivity index (χ3v) is 5.86. The molecule has 0 saturated carbocycles. The minimum Gasteiger partial charge on any atom is -0.361 e. The Bertz CT molecular complexity index is 1040. The van der Waals surface area contributed by atoms with E-state index < -0.39 is 0 Å². The summed E-state index contributed by atoms with van der Waals surface area (Å²) < 4.78 is 5.24. The average molecular weight is 421 g/mol. The topological polar surface area (TPSA) is 88.3 Å². The lowest BCUT2D eigenvalue weighted by Crippen LogP contribution is -2.32. The van der Waals surface area contributed by atoms with Crippen LogP contribution in [0.25, 0.3) is 11.1 Å². The van der Waals surface area contributed by atoms with Crippen LogP contribution in [0.3, 0.4) is 0 Å². The van der Waals surface area contributed by atoms with Crippen LogP contribution in [-0.2, 0) is 11.2 Å². The van der Waals surface area contributed by atoms with Crippen molar-refractivity contribution in [1.29, 1.82) is 0 Å². The highest BCUT2D eigenvalue weighted by Gasteiger charge is 2.33. The first kappa shape index (κ1) is 21.0. The normalized spacial score (nSPS) is 16.0. The highest BCUT2D eigenvalue weighted by Crippen LogP contribution is 2.37. The summed E-state index contributed by atoms with van der Waals surface area (Å²) in [6.45, 7) is 4.55. The van der Waals surface area contributed by atoms with Crippen molar-refractivity contribution >= 4 is 11.9 Å². The lowest BCUT2D eigenvalue weighted by Gasteiger charge is -2.27. The van der Waals surface area contributed by atoms with E-state index in [1.807, 2.05) is 56.1 Å². The number of pyridine rings is 1. The Balaban J connectivity index is 1.63. The predicted octanol–water partition coefficient (Wildman–Crippen LogP) is 3.51. The van der Waals surface area contributed by atoms with Crippen LogP contribution in [0.1, 0.15) is 48.0 Å². The smallest absolute Gasteiger partial charge is 0.225 e. The Morgan fingerprint density at radius 3 is 2.71 bits per heavy atom. The second kappa shape index (κ2) is 8.83. The minimum atomic E-state index is -0.0676. The molecule has 1 atom stereocenters. The molecule has 0 spiro atoms. The third-order valence-electron chi connectivity index (χ3n) is 5.86. The zero-order valence-corrected chi connectivity index (χ0v) is 18.5.